The second kappa shape index (κ2) is 2.98. The van der Waals surface area contributed by atoms with Gasteiger partial charge in [-0.15, -0.1) is 0 Å². The summed E-state index contributed by atoms with van der Waals surface area (Å²) in [4.78, 5) is 0. The highest BCUT2D eigenvalue weighted by molar-refractivity contribution is 6.32. The number of aliphatic hydroxyl groups excluding tert-OH is 1. The number of hydrogen-bond acceptors (Lipinski definition) is 3. The van der Waals surface area contributed by atoms with Crippen molar-refractivity contribution in [2.24, 2.45) is 0 Å². The number of benzene rings is 1. The molecule has 0 spiro atoms. The summed E-state index contributed by atoms with van der Waals surface area (Å²) in [5.74, 6) is -0.752. The highest BCUT2D eigenvalue weighted by Crippen LogP contribution is 2.35. The van der Waals surface area contributed by atoms with Gasteiger partial charge in [0, 0.05) is 5.56 Å². The van der Waals surface area contributed by atoms with Crippen molar-refractivity contribution < 1.29 is 15.3 Å². The minimum atomic E-state index is -0.391. The van der Waals surface area contributed by atoms with Gasteiger partial charge in [-0.1, -0.05) is 17.7 Å². The van der Waals surface area contributed by atoms with E-state index in [0.29, 0.717) is 0 Å². The van der Waals surface area contributed by atoms with Crippen molar-refractivity contribution in [3.8, 4) is 11.5 Å². The van der Waals surface area contributed by atoms with Crippen LogP contribution >= 0.6 is 11.6 Å². The quantitative estimate of drug-likeness (QED) is 0.562. The molecular formula is C7H7ClO3. The average Bonchev–Trinajstić information content (AvgIpc) is 2.01. The lowest BCUT2D eigenvalue weighted by atomic mass is 10.2. The van der Waals surface area contributed by atoms with Gasteiger partial charge in [0.25, 0.3) is 0 Å². The number of aromatic hydroxyl groups is 2. The van der Waals surface area contributed by atoms with E-state index in [-0.39, 0.29) is 22.9 Å². The molecule has 11 heavy (non-hydrogen) atoms. The lowest BCUT2D eigenvalue weighted by Gasteiger charge is -2.03. The Balaban J connectivity index is 3.25. The first-order chi connectivity index (χ1) is 5.16. The van der Waals surface area contributed by atoms with Crippen LogP contribution in [0.1, 0.15) is 5.56 Å². The Labute approximate surface area is 68.5 Å². The Morgan fingerprint density at radius 3 is 2.36 bits per heavy atom. The Morgan fingerprint density at radius 2 is 1.82 bits per heavy atom. The molecule has 3 N–H and O–H groups in total. The molecule has 0 heterocycles. The van der Waals surface area contributed by atoms with E-state index in [1.54, 1.807) is 0 Å². The fourth-order valence-electron chi connectivity index (χ4n) is 0.724. The van der Waals surface area contributed by atoms with E-state index in [1.807, 2.05) is 0 Å². The monoisotopic (exact) mass is 174 g/mol. The predicted molar refractivity (Wildman–Crippen MR) is 40.7 cm³/mol. The fraction of sp³-hybridized carbons (Fsp3) is 0.143. The van der Waals surface area contributed by atoms with Gasteiger partial charge in [0.1, 0.15) is 0 Å². The Hall–Kier alpha value is -0.930. The fourth-order valence-corrected chi connectivity index (χ4v) is 0.877. The molecule has 4 heteroatoms. The van der Waals surface area contributed by atoms with Gasteiger partial charge < -0.3 is 15.3 Å². The zero-order chi connectivity index (χ0) is 8.43. The first kappa shape index (κ1) is 8.17. The van der Waals surface area contributed by atoms with Crippen LogP contribution in [0.3, 0.4) is 0 Å². The molecule has 0 aliphatic rings. The molecule has 0 atom stereocenters. The summed E-state index contributed by atoms with van der Waals surface area (Å²) in [6.07, 6.45) is 0. The van der Waals surface area contributed by atoms with Crippen LogP contribution in [-0.2, 0) is 6.61 Å². The van der Waals surface area contributed by atoms with Crippen molar-refractivity contribution in [3.63, 3.8) is 0 Å². The van der Waals surface area contributed by atoms with Gasteiger partial charge in [-0.2, -0.15) is 0 Å². The number of aliphatic hydroxyl groups is 1. The normalized spacial score (nSPS) is 10.0. The molecule has 0 fully saturated rings. The summed E-state index contributed by atoms with van der Waals surface area (Å²) >= 11 is 5.45. The van der Waals surface area contributed by atoms with E-state index in [2.05, 4.69) is 0 Å². The van der Waals surface area contributed by atoms with Crippen molar-refractivity contribution >= 4 is 11.6 Å². The smallest absolute Gasteiger partial charge is 0.176 e. The van der Waals surface area contributed by atoms with Crippen molar-refractivity contribution in [1.29, 1.82) is 0 Å². The topological polar surface area (TPSA) is 60.7 Å². The predicted octanol–water partition coefficient (Wildman–Crippen LogP) is 1.24. The molecule has 0 saturated heterocycles. The van der Waals surface area contributed by atoms with E-state index < -0.39 is 5.75 Å². The third-order valence-corrected chi connectivity index (χ3v) is 1.66. The van der Waals surface area contributed by atoms with Gasteiger partial charge in [-0.25, -0.2) is 0 Å². The summed E-state index contributed by atoms with van der Waals surface area (Å²) in [5.41, 5.74) is 0.256. The Morgan fingerprint density at radius 1 is 1.18 bits per heavy atom. The average molecular weight is 175 g/mol. The summed E-state index contributed by atoms with van der Waals surface area (Å²) in [5, 5.41) is 26.8. The van der Waals surface area contributed by atoms with E-state index in [4.69, 9.17) is 26.9 Å². The molecule has 60 valence electrons. The SMILES string of the molecule is OCc1ccc(Cl)c(O)c1O. The molecule has 0 aromatic heterocycles. The van der Waals surface area contributed by atoms with Crippen LogP contribution in [-0.4, -0.2) is 15.3 Å². The zero-order valence-corrected chi connectivity index (χ0v) is 6.34. The molecule has 0 radical (unpaired) electrons. The van der Waals surface area contributed by atoms with Crippen LogP contribution in [0.15, 0.2) is 12.1 Å². The first-order valence-corrected chi connectivity index (χ1v) is 3.34. The van der Waals surface area contributed by atoms with Crippen molar-refractivity contribution in [2.75, 3.05) is 0 Å². The minimum absolute atomic E-state index is 0.0692. The number of halogens is 1. The van der Waals surface area contributed by atoms with Gasteiger partial charge in [-0.3, -0.25) is 0 Å². The van der Waals surface area contributed by atoms with E-state index >= 15 is 0 Å². The number of phenols is 2. The lowest BCUT2D eigenvalue weighted by molar-refractivity contribution is 0.273. The third kappa shape index (κ3) is 1.39. The molecule has 1 rings (SSSR count). The lowest BCUT2D eigenvalue weighted by Crippen LogP contribution is -1.84. The third-order valence-electron chi connectivity index (χ3n) is 1.36. The highest BCUT2D eigenvalue weighted by atomic mass is 35.5. The van der Waals surface area contributed by atoms with Gasteiger partial charge in [0.05, 0.1) is 11.6 Å². The van der Waals surface area contributed by atoms with Crippen molar-refractivity contribution in [3.05, 3.63) is 22.7 Å². The molecular weight excluding hydrogens is 168 g/mol. The van der Waals surface area contributed by atoms with Crippen molar-refractivity contribution in [2.45, 2.75) is 6.61 Å². The van der Waals surface area contributed by atoms with Crippen LogP contribution in [0.5, 0.6) is 11.5 Å². The molecule has 0 saturated carbocycles. The van der Waals surface area contributed by atoms with Gasteiger partial charge >= 0.3 is 0 Å². The molecule has 0 aliphatic carbocycles. The summed E-state index contributed by atoms with van der Waals surface area (Å²) in [7, 11) is 0. The van der Waals surface area contributed by atoms with E-state index in [9.17, 15) is 0 Å². The first-order valence-electron chi connectivity index (χ1n) is 2.97. The van der Waals surface area contributed by atoms with E-state index in [0.717, 1.165) is 0 Å². The van der Waals surface area contributed by atoms with Gasteiger partial charge in [-0.05, 0) is 6.07 Å². The van der Waals surface area contributed by atoms with Gasteiger partial charge in [0.2, 0.25) is 0 Å². The maximum absolute atomic E-state index is 9.08. The van der Waals surface area contributed by atoms with Gasteiger partial charge in [0.15, 0.2) is 11.5 Å². The molecule has 0 bridgehead atoms. The standard InChI is InChI=1S/C7H7ClO3/c8-5-2-1-4(3-9)6(10)7(5)11/h1-2,9-11H,3H2. The van der Waals surface area contributed by atoms with Crippen molar-refractivity contribution in [1.82, 2.24) is 0 Å². The number of hydrogen-bond donors (Lipinski definition) is 3. The van der Waals surface area contributed by atoms with E-state index in [1.165, 1.54) is 12.1 Å². The molecule has 0 amide bonds. The molecule has 0 aliphatic heterocycles. The molecule has 3 nitrogen and oxygen atoms in total. The minimum Gasteiger partial charge on any atom is -0.504 e. The zero-order valence-electron chi connectivity index (χ0n) is 5.58. The summed E-state index contributed by atoms with van der Waals surface area (Å²) in [6, 6.07) is 2.85. The van der Waals surface area contributed by atoms with Crippen LogP contribution in [0.2, 0.25) is 5.02 Å². The van der Waals surface area contributed by atoms with Crippen LogP contribution in [0.25, 0.3) is 0 Å². The van der Waals surface area contributed by atoms with Crippen LogP contribution < -0.4 is 0 Å². The Bertz CT molecular complexity index is 273. The second-order valence-electron chi connectivity index (χ2n) is 2.06. The van der Waals surface area contributed by atoms with Crippen LogP contribution in [0.4, 0.5) is 0 Å². The largest absolute Gasteiger partial charge is 0.504 e. The number of rotatable bonds is 1. The van der Waals surface area contributed by atoms with Crippen LogP contribution in [0, 0.1) is 0 Å². The molecule has 1 aromatic rings. The highest BCUT2D eigenvalue weighted by Gasteiger charge is 2.08. The maximum atomic E-state index is 9.08. The molecule has 0 unspecified atom stereocenters. The summed E-state index contributed by atoms with van der Waals surface area (Å²) in [6.45, 7) is -0.323. The Kier molecular flexibility index (Phi) is 2.22. The molecule has 1 aromatic carbocycles. The second-order valence-corrected chi connectivity index (χ2v) is 2.47. The maximum Gasteiger partial charge on any atom is 0.176 e. The summed E-state index contributed by atoms with van der Waals surface area (Å²) < 4.78 is 0. The number of phenolic OH excluding ortho intramolecular Hbond substituents is 1.